The van der Waals surface area contributed by atoms with Crippen LogP contribution in [0.15, 0.2) is 10.9 Å². The van der Waals surface area contributed by atoms with Gasteiger partial charge in [0.15, 0.2) is 0 Å². The molecule has 1 aromatic heterocycles. The van der Waals surface area contributed by atoms with Gasteiger partial charge in [-0.2, -0.15) is 0 Å². The molecule has 0 unspecified atom stereocenters. The Morgan fingerprint density at radius 2 is 2.16 bits per heavy atom. The Labute approximate surface area is 119 Å². The Morgan fingerprint density at radius 1 is 1.47 bits per heavy atom. The van der Waals surface area contributed by atoms with Gasteiger partial charge in [0.2, 0.25) is 5.91 Å². The van der Waals surface area contributed by atoms with Crippen molar-refractivity contribution in [3.63, 3.8) is 0 Å². The molecule has 4 nitrogen and oxygen atoms in total. The first-order chi connectivity index (χ1) is 8.97. The summed E-state index contributed by atoms with van der Waals surface area (Å²) in [5.74, 6) is 0.269. The van der Waals surface area contributed by atoms with Gasteiger partial charge in [0.05, 0.1) is 11.2 Å². The van der Waals surface area contributed by atoms with Crippen molar-refractivity contribution in [1.29, 1.82) is 0 Å². The summed E-state index contributed by atoms with van der Waals surface area (Å²) in [4.78, 5) is 18.4. The lowest BCUT2D eigenvalue weighted by Gasteiger charge is -2.36. The molecular formula is C14H23N3OS. The molecule has 5 heteroatoms. The van der Waals surface area contributed by atoms with Gasteiger partial charge in [0, 0.05) is 36.5 Å². The predicted octanol–water partition coefficient (Wildman–Crippen LogP) is 2.27. The van der Waals surface area contributed by atoms with Crippen molar-refractivity contribution in [3.8, 4) is 0 Å². The van der Waals surface area contributed by atoms with E-state index in [9.17, 15) is 4.79 Å². The lowest BCUT2D eigenvalue weighted by Crippen LogP contribution is -2.48. The third-order valence-electron chi connectivity index (χ3n) is 3.48. The van der Waals surface area contributed by atoms with E-state index in [-0.39, 0.29) is 11.3 Å². The average Bonchev–Trinajstić information content (AvgIpc) is 2.88. The Hall–Kier alpha value is -0.940. The average molecular weight is 281 g/mol. The number of piperidine rings is 1. The Morgan fingerprint density at radius 3 is 2.68 bits per heavy atom. The maximum absolute atomic E-state index is 12.2. The fourth-order valence-electron chi connectivity index (χ4n) is 2.33. The van der Waals surface area contributed by atoms with E-state index < -0.39 is 0 Å². The molecule has 1 aromatic rings. The molecule has 0 bridgehead atoms. The van der Waals surface area contributed by atoms with Gasteiger partial charge in [-0.1, -0.05) is 20.8 Å². The molecule has 0 spiro atoms. The van der Waals surface area contributed by atoms with Gasteiger partial charge in [0.25, 0.3) is 0 Å². The summed E-state index contributed by atoms with van der Waals surface area (Å²) in [6.07, 6.45) is 2.07. The summed E-state index contributed by atoms with van der Waals surface area (Å²) in [5.41, 5.74) is 2.71. The van der Waals surface area contributed by atoms with Crippen LogP contribution < -0.4 is 5.32 Å². The third kappa shape index (κ3) is 4.01. The zero-order chi connectivity index (χ0) is 13.9. The maximum atomic E-state index is 12.2. The molecule has 1 aliphatic heterocycles. The van der Waals surface area contributed by atoms with Crippen LogP contribution in [0.2, 0.25) is 0 Å². The number of carbonyl (C=O) groups excluding carboxylic acids is 1. The number of nitrogens with zero attached hydrogens (tertiary/aromatic N) is 2. The molecule has 2 heterocycles. The minimum Gasteiger partial charge on any atom is -0.342 e. The van der Waals surface area contributed by atoms with Crippen LogP contribution in [-0.2, 0) is 11.3 Å². The fourth-order valence-corrected chi connectivity index (χ4v) is 2.89. The van der Waals surface area contributed by atoms with Crippen molar-refractivity contribution >= 4 is 17.2 Å². The van der Waals surface area contributed by atoms with Crippen LogP contribution in [0.1, 0.15) is 39.3 Å². The number of likely N-dealkylation sites (tertiary alicyclic amines) is 1. The first kappa shape index (κ1) is 14.5. The lowest BCUT2D eigenvalue weighted by molar-refractivity contribution is -0.140. The zero-order valence-corrected chi connectivity index (χ0v) is 12.8. The number of aromatic nitrogens is 1. The second kappa shape index (κ2) is 6.01. The van der Waals surface area contributed by atoms with Crippen molar-refractivity contribution in [2.24, 2.45) is 5.41 Å². The van der Waals surface area contributed by atoms with Crippen LogP contribution in [0.5, 0.6) is 0 Å². The predicted molar refractivity (Wildman–Crippen MR) is 78.0 cm³/mol. The molecule has 1 saturated heterocycles. The summed E-state index contributed by atoms with van der Waals surface area (Å²) in [5, 5.41) is 5.60. The summed E-state index contributed by atoms with van der Waals surface area (Å²) in [6, 6.07) is 0.505. The highest BCUT2D eigenvalue weighted by atomic mass is 32.1. The Bertz CT molecular complexity index is 403. The van der Waals surface area contributed by atoms with Crippen LogP contribution in [0.4, 0.5) is 0 Å². The van der Waals surface area contributed by atoms with Gasteiger partial charge in [-0.15, -0.1) is 11.3 Å². The van der Waals surface area contributed by atoms with Crippen molar-refractivity contribution in [2.75, 3.05) is 13.1 Å². The molecule has 0 saturated carbocycles. The van der Waals surface area contributed by atoms with Gasteiger partial charge in [0.1, 0.15) is 0 Å². The third-order valence-corrected chi connectivity index (χ3v) is 4.11. The minimum absolute atomic E-state index is 0.263. The minimum atomic E-state index is -0.263. The van der Waals surface area contributed by atoms with Gasteiger partial charge in [-0.05, 0) is 12.8 Å². The van der Waals surface area contributed by atoms with Gasteiger partial charge in [-0.3, -0.25) is 4.79 Å². The van der Waals surface area contributed by atoms with E-state index in [1.807, 2.05) is 31.2 Å². The number of hydrogen-bond acceptors (Lipinski definition) is 4. The highest BCUT2D eigenvalue weighted by Crippen LogP contribution is 2.21. The molecule has 0 aliphatic carbocycles. The topological polar surface area (TPSA) is 45.2 Å². The molecule has 1 aliphatic rings. The lowest BCUT2D eigenvalue weighted by atomic mass is 9.93. The molecular weight excluding hydrogens is 258 g/mol. The molecule has 1 amide bonds. The van der Waals surface area contributed by atoms with E-state index in [0.29, 0.717) is 6.04 Å². The maximum Gasteiger partial charge on any atom is 0.227 e. The highest BCUT2D eigenvalue weighted by molar-refractivity contribution is 7.07. The van der Waals surface area contributed by atoms with Crippen LogP contribution in [-0.4, -0.2) is 34.9 Å². The number of carbonyl (C=O) groups is 1. The largest absolute Gasteiger partial charge is 0.342 e. The normalized spacial score (nSPS) is 17.7. The van der Waals surface area contributed by atoms with Crippen LogP contribution in [0.25, 0.3) is 0 Å². The first-order valence-corrected chi connectivity index (χ1v) is 7.81. The summed E-state index contributed by atoms with van der Waals surface area (Å²) in [7, 11) is 0. The second-order valence-corrected chi connectivity index (χ2v) is 6.90. The van der Waals surface area contributed by atoms with Crippen molar-refractivity contribution in [3.05, 3.63) is 16.6 Å². The van der Waals surface area contributed by atoms with E-state index in [0.717, 1.165) is 38.2 Å². The summed E-state index contributed by atoms with van der Waals surface area (Å²) >= 11 is 1.63. The molecule has 1 N–H and O–H groups in total. The fraction of sp³-hybridized carbons (Fsp3) is 0.714. The van der Waals surface area contributed by atoms with E-state index in [2.05, 4.69) is 15.7 Å². The highest BCUT2D eigenvalue weighted by Gasteiger charge is 2.30. The molecule has 0 atom stereocenters. The molecule has 0 radical (unpaired) electrons. The smallest absolute Gasteiger partial charge is 0.227 e. The van der Waals surface area contributed by atoms with E-state index in [1.165, 1.54) is 0 Å². The van der Waals surface area contributed by atoms with Gasteiger partial charge in [-0.25, -0.2) is 4.98 Å². The summed E-state index contributed by atoms with van der Waals surface area (Å²) in [6.45, 7) is 8.53. The van der Waals surface area contributed by atoms with Crippen molar-refractivity contribution in [2.45, 2.75) is 46.2 Å². The molecule has 1 fully saturated rings. The Balaban J connectivity index is 1.75. The quantitative estimate of drug-likeness (QED) is 0.924. The SMILES string of the molecule is CC(C)(C)C(=O)N1CCC(NCc2cscn2)CC1. The molecule has 2 rings (SSSR count). The molecule has 19 heavy (non-hydrogen) atoms. The van der Waals surface area contributed by atoms with Gasteiger partial charge < -0.3 is 10.2 Å². The van der Waals surface area contributed by atoms with Crippen molar-refractivity contribution in [1.82, 2.24) is 15.2 Å². The van der Waals surface area contributed by atoms with Gasteiger partial charge >= 0.3 is 0 Å². The standard InChI is InChI=1S/C14H23N3OS/c1-14(2,3)13(18)17-6-4-11(5-7-17)15-8-12-9-19-10-16-12/h9-11,15H,4-8H2,1-3H3. The number of amides is 1. The number of thiazole rings is 1. The van der Waals surface area contributed by atoms with Crippen LogP contribution in [0, 0.1) is 5.41 Å². The van der Waals surface area contributed by atoms with Crippen molar-refractivity contribution < 1.29 is 4.79 Å². The summed E-state index contributed by atoms with van der Waals surface area (Å²) < 4.78 is 0. The number of hydrogen-bond donors (Lipinski definition) is 1. The molecule has 0 aromatic carbocycles. The van der Waals surface area contributed by atoms with Crippen LogP contribution in [0.3, 0.4) is 0 Å². The zero-order valence-electron chi connectivity index (χ0n) is 12.0. The van der Waals surface area contributed by atoms with E-state index >= 15 is 0 Å². The van der Waals surface area contributed by atoms with Crippen LogP contribution >= 0.6 is 11.3 Å². The number of nitrogens with one attached hydrogen (secondary N) is 1. The number of rotatable bonds is 3. The molecule has 106 valence electrons. The first-order valence-electron chi connectivity index (χ1n) is 6.86. The van der Waals surface area contributed by atoms with E-state index in [1.54, 1.807) is 11.3 Å². The Kier molecular flexibility index (Phi) is 4.58. The monoisotopic (exact) mass is 281 g/mol. The second-order valence-electron chi connectivity index (χ2n) is 6.18. The van der Waals surface area contributed by atoms with E-state index in [4.69, 9.17) is 0 Å².